The molecule has 0 aromatic heterocycles. The Morgan fingerprint density at radius 1 is 1.19 bits per heavy atom. The molecule has 1 aliphatic rings. The molecule has 2 unspecified atom stereocenters. The molecule has 1 heterocycles. The highest BCUT2D eigenvalue weighted by Crippen LogP contribution is 2.42. The summed E-state index contributed by atoms with van der Waals surface area (Å²) in [6, 6.07) is 17.6. The number of hydrogen-bond acceptors (Lipinski definition) is 3. The van der Waals surface area contributed by atoms with E-state index in [9.17, 15) is 0 Å². The molecule has 0 bridgehead atoms. The molecule has 110 valence electrons. The molecule has 0 radical (unpaired) electrons. The first-order valence-electron chi connectivity index (χ1n) is 7.46. The first-order chi connectivity index (χ1) is 10.3. The minimum atomic E-state index is 0.359. The zero-order chi connectivity index (χ0) is 14.7. The van der Waals surface area contributed by atoms with Crippen molar-refractivity contribution in [3.05, 3.63) is 59.7 Å². The van der Waals surface area contributed by atoms with Gasteiger partial charge >= 0.3 is 0 Å². The summed E-state index contributed by atoms with van der Waals surface area (Å²) in [6.45, 7) is 2.72. The highest BCUT2D eigenvalue weighted by atomic mass is 32.2. The number of thioether (sulfide) groups is 1. The standard InChI is InChI=1S/C18H21NOS/c1-3-20-15-10-8-13(9-11-15)18(19-2)17-12-14-6-4-5-7-16(14)21-17/h4-11,17-19H,3,12H2,1-2H3. The van der Waals surface area contributed by atoms with Gasteiger partial charge in [-0.3, -0.25) is 0 Å². The Hall–Kier alpha value is -1.45. The summed E-state index contributed by atoms with van der Waals surface area (Å²) >= 11 is 1.98. The van der Waals surface area contributed by atoms with Gasteiger partial charge in [0, 0.05) is 16.2 Å². The Kier molecular flexibility index (Phi) is 4.51. The van der Waals surface area contributed by atoms with Crippen molar-refractivity contribution in [3.8, 4) is 5.75 Å². The zero-order valence-corrected chi connectivity index (χ0v) is 13.3. The van der Waals surface area contributed by atoms with Gasteiger partial charge in [0.05, 0.1) is 6.61 Å². The van der Waals surface area contributed by atoms with Crippen LogP contribution in [0, 0.1) is 0 Å². The number of rotatable bonds is 5. The molecule has 0 spiro atoms. The van der Waals surface area contributed by atoms with Crippen molar-refractivity contribution in [2.45, 2.75) is 29.5 Å². The highest BCUT2D eigenvalue weighted by Gasteiger charge is 2.29. The van der Waals surface area contributed by atoms with E-state index >= 15 is 0 Å². The smallest absolute Gasteiger partial charge is 0.119 e. The fourth-order valence-corrected chi connectivity index (χ4v) is 4.38. The Morgan fingerprint density at radius 3 is 2.62 bits per heavy atom. The van der Waals surface area contributed by atoms with Crippen LogP contribution in [0.5, 0.6) is 5.75 Å². The van der Waals surface area contributed by atoms with Crippen LogP contribution in [-0.2, 0) is 6.42 Å². The van der Waals surface area contributed by atoms with Crippen LogP contribution in [-0.4, -0.2) is 18.9 Å². The Labute approximate surface area is 130 Å². The van der Waals surface area contributed by atoms with Crippen LogP contribution >= 0.6 is 11.8 Å². The highest BCUT2D eigenvalue weighted by molar-refractivity contribution is 8.00. The van der Waals surface area contributed by atoms with Crippen LogP contribution in [0.1, 0.15) is 24.1 Å². The van der Waals surface area contributed by atoms with Crippen LogP contribution in [0.3, 0.4) is 0 Å². The third kappa shape index (κ3) is 3.09. The van der Waals surface area contributed by atoms with Gasteiger partial charge in [-0.05, 0) is 49.7 Å². The second-order valence-electron chi connectivity index (χ2n) is 5.24. The number of nitrogens with one attached hydrogen (secondary N) is 1. The second-order valence-corrected chi connectivity index (χ2v) is 6.52. The largest absolute Gasteiger partial charge is 0.494 e. The van der Waals surface area contributed by atoms with E-state index in [1.165, 1.54) is 16.0 Å². The van der Waals surface area contributed by atoms with Gasteiger partial charge in [-0.2, -0.15) is 0 Å². The van der Waals surface area contributed by atoms with E-state index in [0.29, 0.717) is 17.9 Å². The molecule has 0 aliphatic carbocycles. The molecule has 21 heavy (non-hydrogen) atoms. The van der Waals surface area contributed by atoms with Gasteiger partial charge in [0.15, 0.2) is 0 Å². The molecule has 3 heteroatoms. The molecule has 0 fully saturated rings. The summed E-state index contributed by atoms with van der Waals surface area (Å²) < 4.78 is 5.52. The predicted octanol–water partition coefficient (Wildman–Crippen LogP) is 4.06. The van der Waals surface area contributed by atoms with Crippen LogP contribution in [0.15, 0.2) is 53.4 Å². The lowest BCUT2D eigenvalue weighted by molar-refractivity contribution is 0.340. The van der Waals surface area contributed by atoms with Gasteiger partial charge in [-0.1, -0.05) is 30.3 Å². The summed E-state index contributed by atoms with van der Waals surface area (Å²) in [7, 11) is 2.05. The molecule has 0 amide bonds. The Balaban J connectivity index is 1.77. The third-order valence-corrected chi connectivity index (χ3v) is 5.30. The average molecular weight is 299 g/mol. The van der Waals surface area contributed by atoms with Crippen LogP contribution in [0.4, 0.5) is 0 Å². The third-order valence-electron chi connectivity index (χ3n) is 3.91. The fourth-order valence-electron chi connectivity index (χ4n) is 2.90. The van der Waals surface area contributed by atoms with Gasteiger partial charge in [-0.25, -0.2) is 0 Å². The van der Waals surface area contributed by atoms with E-state index in [1.807, 2.05) is 25.7 Å². The lowest BCUT2D eigenvalue weighted by Crippen LogP contribution is -2.27. The predicted molar refractivity (Wildman–Crippen MR) is 89.2 cm³/mol. The van der Waals surface area contributed by atoms with E-state index in [0.717, 1.165) is 12.2 Å². The van der Waals surface area contributed by atoms with E-state index < -0.39 is 0 Å². The minimum Gasteiger partial charge on any atom is -0.494 e. The van der Waals surface area contributed by atoms with Crippen molar-refractivity contribution in [1.82, 2.24) is 5.32 Å². The van der Waals surface area contributed by atoms with Crippen LogP contribution in [0.25, 0.3) is 0 Å². The zero-order valence-electron chi connectivity index (χ0n) is 12.5. The van der Waals surface area contributed by atoms with Crippen molar-refractivity contribution in [1.29, 1.82) is 0 Å². The topological polar surface area (TPSA) is 21.3 Å². The molecule has 2 aromatic carbocycles. The Morgan fingerprint density at radius 2 is 1.95 bits per heavy atom. The molecule has 0 saturated carbocycles. The van der Waals surface area contributed by atoms with Crippen molar-refractivity contribution in [2.75, 3.05) is 13.7 Å². The summed E-state index contributed by atoms with van der Waals surface area (Å²) in [4.78, 5) is 1.42. The average Bonchev–Trinajstić information content (AvgIpc) is 2.93. The summed E-state index contributed by atoms with van der Waals surface area (Å²) in [5.74, 6) is 0.943. The van der Waals surface area contributed by atoms with Crippen LogP contribution in [0.2, 0.25) is 0 Å². The van der Waals surface area contributed by atoms with E-state index in [1.54, 1.807) is 0 Å². The van der Waals surface area contributed by atoms with Gasteiger partial charge < -0.3 is 10.1 Å². The van der Waals surface area contributed by atoms with Gasteiger partial charge in [-0.15, -0.1) is 11.8 Å². The maximum Gasteiger partial charge on any atom is 0.119 e. The van der Waals surface area contributed by atoms with E-state index in [2.05, 4.69) is 53.8 Å². The molecule has 2 atom stereocenters. The quantitative estimate of drug-likeness (QED) is 0.899. The first-order valence-corrected chi connectivity index (χ1v) is 8.34. The minimum absolute atomic E-state index is 0.359. The maximum atomic E-state index is 5.52. The fraction of sp³-hybridized carbons (Fsp3) is 0.333. The number of fused-ring (bicyclic) bond motifs is 1. The number of hydrogen-bond donors (Lipinski definition) is 1. The van der Waals surface area contributed by atoms with Gasteiger partial charge in [0.2, 0.25) is 0 Å². The molecular formula is C18H21NOS. The molecule has 1 N–H and O–H groups in total. The van der Waals surface area contributed by atoms with Crippen molar-refractivity contribution in [2.24, 2.45) is 0 Å². The van der Waals surface area contributed by atoms with Crippen molar-refractivity contribution in [3.63, 3.8) is 0 Å². The van der Waals surface area contributed by atoms with E-state index in [-0.39, 0.29) is 0 Å². The molecule has 3 rings (SSSR count). The molecule has 2 nitrogen and oxygen atoms in total. The summed E-state index contributed by atoms with van der Waals surface area (Å²) in [5, 5.41) is 4.03. The van der Waals surface area contributed by atoms with Crippen molar-refractivity contribution >= 4 is 11.8 Å². The number of ether oxygens (including phenoxy) is 1. The summed E-state index contributed by atoms with van der Waals surface area (Å²) in [6.07, 6.45) is 1.12. The second kappa shape index (κ2) is 6.54. The molecular weight excluding hydrogens is 278 g/mol. The monoisotopic (exact) mass is 299 g/mol. The van der Waals surface area contributed by atoms with Gasteiger partial charge in [0.25, 0.3) is 0 Å². The summed E-state index contributed by atoms with van der Waals surface area (Å²) in [5.41, 5.74) is 2.80. The maximum absolute atomic E-state index is 5.52. The van der Waals surface area contributed by atoms with E-state index in [4.69, 9.17) is 4.74 Å². The van der Waals surface area contributed by atoms with Gasteiger partial charge in [0.1, 0.15) is 5.75 Å². The molecule has 0 saturated heterocycles. The first kappa shape index (κ1) is 14.5. The van der Waals surface area contributed by atoms with Crippen molar-refractivity contribution < 1.29 is 4.74 Å². The SMILES string of the molecule is CCOc1ccc(C(NC)C2Cc3ccccc3S2)cc1. The lowest BCUT2D eigenvalue weighted by Gasteiger charge is -2.23. The Bertz CT molecular complexity index is 571. The molecule has 2 aromatic rings. The number of benzene rings is 2. The normalized spacial score (nSPS) is 18.3. The molecule has 1 aliphatic heterocycles. The lowest BCUT2D eigenvalue weighted by atomic mass is 9.99. The van der Waals surface area contributed by atoms with Crippen LogP contribution < -0.4 is 10.1 Å².